The lowest BCUT2D eigenvalue weighted by molar-refractivity contribution is -0.119. The predicted octanol–water partition coefficient (Wildman–Crippen LogP) is 5.38. The van der Waals surface area contributed by atoms with Gasteiger partial charge in [-0.2, -0.15) is 5.10 Å². The van der Waals surface area contributed by atoms with E-state index in [0.717, 1.165) is 28.3 Å². The fourth-order valence-electron chi connectivity index (χ4n) is 6.79. The Balaban J connectivity index is 1.28. The van der Waals surface area contributed by atoms with Crippen molar-refractivity contribution in [3.8, 4) is 0 Å². The first-order valence-electron chi connectivity index (χ1n) is 12.0. The summed E-state index contributed by atoms with van der Waals surface area (Å²) in [4.78, 5) is 12.5. The largest absolute Gasteiger partial charge is 0.271 e. The molecule has 1 amide bonds. The second kappa shape index (κ2) is 9.41. The van der Waals surface area contributed by atoms with Gasteiger partial charge < -0.3 is 0 Å². The summed E-state index contributed by atoms with van der Waals surface area (Å²) in [6, 6.07) is 12.7. The Kier molecular flexibility index (Phi) is 6.62. The molecule has 186 valence electrons. The number of nitrogens with one attached hydrogen (secondary N) is 1. The number of hydrogen-bond acceptors (Lipinski definition) is 4. The van der Waals surface area contributed by atoms with E-state index in [4.69, 9.17) is 23.2 Å². The van der Waals surface area contributed by atoms with Gasteiger partial charge in [0.05, 0.1) is 23.2 Å². The van der Waals surface area contributed by atoms with E-state index < -0.39 is 15.9 Å². The summed E-state index contributed by atoms with van der Waals surface area (Å²) in [5.41, 5.74) is 4.97. The van der Waals surface area contributed by atoms with Gasteiger partial charge in [0.25, 0.3) is 5.91 Å². The van der Waals surface area contributed by atoms with Gasteiger partial charge in [0.15, 0.2) is 0 Å². The van der Waals surface area contributed by atoms with Crippen LogP contribution in [0.5, 0.6) is 0 Å². The van der Waals surface area contributed by atoms with Gasteiger partial charge in [0.1, 0.15) is 6.54 Å². The highest BCUT2D eigenvalue weighted by atomic mass is 35.5. The second-order valence-corrected chi connectivity index (χ2v) is 13.2. The number of halogens is 2. The van der Waals surface area contributed by atoms with Crippen molar-refractivity contribution < 1.29 is 13.2 Å². The molecule has 6 rings (SSSR count). The number of carbonyl (C=O) groups excluding carboxylic acids is 1. The van der Waals surface area contributed by atoms with Crippen LogP contribution in [0.1, 0.15) is 49.7 Å². The zero-order valence-electron chi connectivity index (χ0n) is 19.6. The molecule has 2 aromatic carbocycles. The van der Waals surface area contributed by atoms with Gasteiger partial charge in [-0.05, 0) is 91.5 Å². The molecule has 4 aliphatic rings. The van der Waals surface area contributed by atoms with E-state index in [9.17, 15) is 13.2 Å². The first-order valence-corrected chi connectivity index (χ1v) is 14.6. The van der Waals surface area contributed by atoms with Crippen molar-refractivity contribution in [2.45, 2.75) is 43.9 Å². The molecule has 0 aliphatic heterocycles. The lowest BCUT2D eigenvalue weighted by Gasteiger charge is -2.57. The Morgan fingerprint density at radius 1 is 1.06 bits per heavy atom. The third-order valence-corrected chi connectivity index (χ3v) is 9.55. The van der Waals surface area contributed by atoms with Gasteiger partial charge in [0, 0.05) is 10.6 Å². The topological polar surface area (TPSA) is 78.8 Å². The van der Waals surface area contributed by atoms with Gasteiger partial charge in [0.2, 0.25) is 10.0 Å². The Morgan fingerprint density at radius 2 is 1.66 bits per heavy atom. The Morgan fingerprint density at radius 3 is 2.20 bits per heavy atom. The molecule has 4 bridgehead atoms. The standard InChI is InChI=1S/C26H29Cl2N3O3S/c1-35(33,34)31(16-25(32)30-29-15-20-2-5-22(27)11-24(20)28)23-6-3-21(4-7-23)26-12-17-8-18(13-26)10-19(9-17)14-26/h2-7,11,15,17-19H,8-10,12-14,16H2,1H3,(H,30,32)/b29-15-. The summed E-state index contributed by atoms with van der Waals surface area (Å²) in [5, 5.41) is 4.80. The summed E-state index contributed by atoms with van der Waals surface area (Å²) < 4.78 is 26.2. The highest BCUT2D eigenvalue weighted by Crippen LogP contribution is 2.60. The van der Waals surface area contributed by atoms with E-state index in [1.165, 1.54) is 50.3 Å². The minimum absolute atomic E-state index is 0.234. The van der Waals surface area contributed by atoms with Crippen LogP contribution in [0.2, 0.25) is 10.0 Å². The molecule has 6 nitrogen and oxygen atoms in total. The minimum atomic E-state index is -3.67. The number of nitrogens with zero attached hydrogens (tertiary/aromatic N) is 2. The van der Waals surface area contributed by atoms with Crippen LogP contribution in [0.15, 0.2) is 47.6 Å². The van der Waals surface area contributed by atoms with E-state index >= 15 is 0 Å². The maximum Gasteiger partial charge on any atom is 0.260 e. The third-order valence-electron chi connectivity index (χ3n) is 7.85. The molecule has 4 aliphatic carbocycles. The maximum atomic E-state index is 12.5. The molecule has 0 aromatic heterocycles. The van der Waals surface area contributed by atoms with Gasteiger partial charge >= 0.3 is 0 Å². The Hall–Kier alpha value is -2.09. The molecular formula is C26H29Cl2N3O3S. The molecule has 0 spiro atoms. The van der Waals surface area contributed by atoms with Crippen LogP contribution >= 0.6 is 23.2 Å². The van der Waals surface area contributed by atoms with Crippen LogP contribution in [-0.2, 0) is 20.2 Å². The number of carbonyl (C=O) groups is 1. The number of hydrazone groups is 1. The monoisotopic (exact) mass is 533 g/mol. The number of amides is 1. The van der Waals surface area contributed by atoms with Crippen molar-refractivity contribution >= 4 is 51.0 Å². The van der Waals surface area contributed by atoms with Crippen molar-refractivity contribution in [2.24, 2.45) is 22.9 Å². The van der Waals surface area contributed by atoms with Gasteiger partial charge in [-0.25, -0.2) is 13.8 Å². The van der Waals surface area contributed by atoms with E-state index in [2.05, 4.69) is 22.7 Å². The van der Waals surface area contributed by atoms with Crippen molar-refractivity contribution in [1.29, 1.82) is 0 Å². The van der Waals surface area contributed by atoms with Gasteiger partial charge in [-0.3, -0.25) is 9.10 Å². The number of anilines is 1. The highest BCUT2D eigenvalue weighted by molar-refractivity contribution is 7.92. The Labute approximate surface area is 216 Å². The summed E-state index contributed by atoms with van der Waals surface area (Å²) in [7, 11) is -3.67. The summed E-state index contributed by atoms with van der Waals surface area (Å²) >= 11 is 12.0. The highest BCUT2D eigenvalue weighted by Gasteiger charge is 2.51. The minimum Gasteiger partial charge on any atom is -0.271 e. The second-order valence-electron chi connectivity index (χ2n) is 10.5. The number of hydrogen-bond donors (Lipinski definition) is 1. The zero-order valence-corrected chi connectivity index (χ0v) is 21.9. The van der Waals surface area contributed by atoms with E-state index in [1.807, 2.05) is 12.1 Å². The van der Waals surface area contributed by atoms with Gasteiger partial charge in [-0.1, -0.05) is 41.4 Å². The summed E-state index contributed by atoms with van der Waals surface area (Å²) in [6.45, 7) is -0.374. The average Bonchev–Trinajstić information content (AvgIpc) is 2.77. The maximum absolute atomic E-state index is 12.5. The predicted molar refractivity (Wildman–Crippen MR) is 141 cm³/mol. The number of rotatable bonds is 7. The van der Waals surface area contributed by atoms with E-state index in [0.29, 0.717) is 21.3 Å². The lowest BCUT2D eigenvalue weighted by Crippen LogP contribution is -2.48. The molecule has 35 heavy (non-hydrogen) atoms. The van der Waals surface area contributed by atoms with Crippen molar-refractivity contribution in [3.63, 3.8) is 0 Å². The molecule has 4 fully saturated rings. The van der Waals surface area contributed by atoms with Crippen LogP contribution in [0.4, 0.5) is 5.69 Å². The van der Waals surface area contributed by atoms with Crippen LogP contribution in [0, 0.1) is 17.8 Å². The molecule has 9 heteroatoms. The van der Waals surface area contributed by atoms with Crippen molar-refractivity contribution in [3.05, 3.63) is 63.6 Å². The molecule has 2 aromatic rings. The van der Waals surface area contributed by atoms with Crippen molar-refractivity contribution in [2.75, 3.05) is 17.1 Å². The third kappa shape index (κ3) is 5.23. The van der Waals surface area contributed by atoms with Crippen LogP contribution < -0.4 is 9.73 Å². The summed E-state index contributed by atoms with van der Waals surface area (Å²) in [5.74, 6) is 1.95. The van der Waals surface area contributed by atoms with Crippen LogP contribution in [0.3, 0.4) is 0 Å². The van der Waals surface area contributed by atoms with E-state index in [1.54, 1.807) is 18.2 Å². The SMILES string of the molecule is CS(=O)(=O)N(CC(=O)N/N=C\c1ccc(Cl)cc1Cl)c1ccc(C23CC4CC(CC(C4)C2)C3)cc1. The first kappa shape index (κ1) is 24.6. The molecule has 0 radical (unpaired) electrons. The molecule has 0 atom stereocenters. The number of benzene rings is 2. The molecule has 1 N–H and O–H groups in total. The quantitative estimate of drug-likeness (QED) is 0.383. The van der Waals surface area contributed by atoms with Crippen LogP contribution in [0.25, 0.3) is 0 Å². The fraction of sp³-hybridized carbons (Fsp3) is 0.462. The molecule has 0 heterocycles. The van der Waals surface area contributed by atoms with Crippen molar-refractivity contribution in [1.82, 2.24) is 5.43 Å². The smallest absolute Gasteiger partial charge is 0.260 e. The summed E-state index contributed by atoms with van der Waals surface area (Å²) in [6.07, 6.45) is 10.3. The molecule has 0 unspecified atom stereocenters. The number of sulfonamides is 1. The molecular weight excluding hydrogens is 505 g/mol. The Bertz CT molecular complexity index is 1230. The first-order chi connectivity index (χ1) is 16.6. The zero-order chi connectivity index (χ0) is 24.8. The van der Waals surface area contributed by atoms with E-state index in [-0.39, 0.29) is 12.0 Å². The van der Waals surface area contributed by atoms with Gasteiger partial charge in [-0.15, -0.1) is 0 Å². The molecule has 4 saturated carbocycles. The average molecular weight is 535 g/mol. The fourth-order valence-corrected chi connectivity index (χ4v) is 8.10. The van der Waals surface area contributed by atoms with Crippen LogP contribution in [-0.4, -0.2) is 33.3 Å². The normalized spacial score (nSPS) is 27.3. The molecule has 0 saturated heterocycles. The lowest BCUT2D eigenvalue weighted by atomic mass is 9.48.